The fraction of sp³-hybridized carbons (Fsp3) is 0.273. The molecule has 2 aromatic carbocycles. The molecule has 0 aliphatic rings. The van der Waals surface area contributed by atoms with Crippen LogP contribution in [0.15, 0.2) is 50.5 Å². The molecule has 0 aliphatic heterocycles. The van der Waals surface area contributed by atoms with Gasteiger partial charge in [0.05, 0.1) is 28.1 Å². The van der Waals surface area contributed by atoms with Crippen molar-refractivity contribution in [3.05, 3.63) is 68.5 Å². The fourth-order valence-corrected chi connectivity index (χ4v) is 4.57. The highest BCUT2D eigenvalue weighted by atomic mass is 35.5. The van der Waals surface area contributed by atoms with Gasteiger partial charge in [0.15, 0.2) is 5.75 Å². The molecular weight excluding hydrogens is 486 g/mol. The van der Waals surface area contributed by atoms with Crippen molar-refractivity contribution < 1.29 is 27.5 Å². The molecular formula is C22H24ClN3O7S. The van der Waals surface area contributed by atoms with Gasteiger partial charge in [0, 0.05) is 32.1 Å². The number of carbonyl (C=O) groups is 1. The van der Waals surface area contributed by atoms with Crippen LogP contribution in [0.5, 0.6) is 5.75 Å². The number of nitrogens with zero attached hydrogens (tertiary/aromatic N) is 1. The lowest BCUT2D eigenvalue weighted by Gasteiger charge is -2.17. The van der Waals surface area contributed by atoms with Crippen LogP contribution in [0.2, 0.25) is 5.02 Å². The highest BCUT2D eigenvalue weighted by Gasteiger charge is 2.23. The van der Waals surface area contributed by atoms with E-state index in [-0.39, 0.29) is 40.0 Å². The number of ether oxygens (including phenoxy) is 1. The van der Waals surface area contributed by atoms with Crippen LogP contribution < -0.4 is 20.8 Å². The minimum atomic E-state index is -3.87. The van der Waals surface area contributed by atoms with Gasteiger partial charge >= 0.3 is 11.7 Å². The van der Waals surface area contributed by atoms with Crippen molar-refractivity contribution in [2.75, 3.05) is 27.2 Å². The summed E-state index contributed by atoms with van der Waals surface area (Å²) in [5.41, 5.74) is 6.76. The third-order valence-electron chi connectivity index (χ3n) is 5.07. The lowest BCUT2D eigenvalue weighted by Crippen LogP contribution is -2.27. The summed E-state index contributed by atoms with van der Waals surface area (Å²) in [7, 11) is -0.847. The van der Waals surface area contributed by atoms with Crippen LogP contribution in [0.3, 0.4) is 0 Å². The Balaban J connectivity index is 2.06. The molecule has 34 heavy (non-hydrogen) atoms. The summed E-state index contributed by atoms with van der Waals surface area (Å²) < 4.78 is 37.7. The van der Waals surface area contributed by atoms with Gasteiger partial charge in [0.1, 0.15) is 5.58 Å². The van der Waals surface area contributed by atoms with E-state index in [0.717, 1.165) is 0 Å². The minimum absolute atomic E-state index is 0.0285. The van der Waals surface area contributed by atoms with Crippen molar-refractivity contribution in [3.63, 3.8) is 0 Å². The molecule has 4 N–H and O–H groups in total. The van der Waals surface area contributed by atoms with Crippen LogP contribution in [0.25, 0.3) is 11.0 Å². The first-order valence-corrected chi connectivity index (χ1v) is 11.9. The topological polar surface area (TPSA) is 152 Å². The number of halogens is 1. The first-order valence-electron chi connectivity index (χ1n) is 10.1. The highest BCUT2D eigenvalue weighted by molar-refractivity contribution is 7.89. The molecule has 12 heteroatoms. The van der Waals surface area contributed by atoms with E-state index >= 15 is 0 Å². The van der Waals surface area contributed by atoms with Gasteiger partial charge in [0.2, 0.25) is 10.0 Å². The van der Waals surface area contributed by atoms with Gasteiger partial charge in [-0.05, 0) is 36.2 Å². The van der Waals surface area contributed by atoms with Crippen LogP contribution in [0.4, 0.5) is 4.79 Å². The number of hydrogen-bond acceptors (Lipinski definition) is 8. The van der Waals surface area contributed by atoms with Crippen molar-refractivity contribution in [1.29, 1.82) is 0 Å². The van der Waals surface area contributed by atoms with Gasteiger partial charge in [0.25, 0.3) is 0 Å². The molecule has 1 amide bonds. The Hall–Kier alpha value is -2.96. The smallest absolute Gasteiger partial charge is 0.414 e. The molecule has 1 unspecified atom stereocenters. The molecule has 3 rings (SSSR count). The van der Waals surface area contributed by atoms with E-state index in [4.69, 9.17) is 31.6 Å². The highest BCUT2D eigenvalue weighted by Crippen LogP contribution is 2.34. The predicted octanol–water partition coefficient (Wildman–Crippen LogP) is 2.13. The number of carbonyl (C=O) groups excluding carboxylic acids is 1. The molecule has 0 fully saturated rings. The standard InChI is InChI=1S/C22H24ClN3O7S/c1-12-15-10-16(23)18(33-22(29)26(2)3)11-17(15)32-21(28)19(12)20(24)13-5-4-6-14(9-13)34(30,31)25-7-8-27/h4-6,9-11,20,25,27H,7-8,24H2,1-3H3. The lowest BCUT2D eigenvalue weighted by molar-refractivity contribution is 0.172. The van der Waals surface area contributed by atoms with Gasteiger partial charge in [-0.2, -0.15) is 0 Å². The maximum absolute atomic E-state index is 12.9. The maximum Gasteiger partial charge on any atom is 0.414 e. The summed E-state index contributed by atoms with van der Waals surface area (Å²) in [5.74, 6) is 0.0285. The zero-order valence-corrected chi connectivity index (χ0v) is 20.2. The number of aliphatic hydroxyl groups excluding tert-OH is 1. The molecule has 182 valence electrons. The Labute approximate surface area is 200 Å². The Morgan fingerprint density at radius 1 is 1.29 bits per heavy atom. The van der Waals surface area contributed by atoms with Crippen LogP contribution in [-0.4, -0.2) is 51.8 Å². The number of nitrogens with two attached hydrogens (primary N) is 1. The van der Waals surface area contributed by atoms with E-state index in [9.17, 15) is 18.0 Å². The second-order valence-corrected chi connectivity index (χ2v) is 9.82. The molecule has 10 nitrogen and oxygen atoms in total. The first-order chi connectivity index (χ1) is 16.0. The summed E-state index contributed by atoms with van der Waals surface area (Å²) in [4.78, 5) is 25.9. The monoisotopic (exact) mass is 509 g/mol. The predicted molar refractivity (Wildman–Crippen MR) is 127 cm³/mol. The molecule has 0 radical (unpaired) electrons. The van der Waals surface area contributed by atoms with E-state index in [2.05, 4.69) is 4.72 Å². The number of nitrogens with one attached hydrogen (secondary N) is 1. The second kappa shape index (κ2) is 10.1. The zero-order chi connectivity index (χ0) is 25.2. The van der Waals surface area contributed by atoms with Gasteiger partial charge in [-0.3, -0.25) is 0 Å². The summed E-state index contributed by atoms with van der Waals surface area (Å²) in [6.45, 7) is 1.17. The number of amides is 1. The van der Waals surface area contributed by atoms with Crippen LogP contribution in [-0.2, 0) is 10.0 Å². The third-order valence-corrected chi connectivity index (χ3v) is 6.82. The summed E-state index contributed by atoms with van der Waals surface area (Å²) in [6, 6.07) is 7.68. The minimum Gasteiger partial charge on any atom is -0.422 e. The Morgan fingerprint density at radius 2 is 2.00 bits per heavy atom. The quantitative estimate of drug-likeness (QED) is 0.409. The molecule has 0 saturated heterocycles. The van der Waals surface area contributed by atoms with Crippen molar-refractivity contribution in [1.82, 2.24) is 9.62 Å². The average molecular weight is 510 g/mol. The van der Waals surface area contributed by atoms with Crippen molar-refractivity contribution in [3.8, 4) is 5.75 Å². The van der Waals surface area contributed by atoms with Crippen LogP contribution in [0.1, 0.15) is 22.7 Å². The molecule has 0 aliphatic carbocycles. The maximum atomic E-state index is 12.9. The largest absolute Gasteiger partial charge is 0.422 e. The first kappa shape index (κ1) is 25.7. The fourth-order valence-electron chi connectivity index (χ4n) is 3.29. The Kier molecular flexibility index (Phi) is 7.64. The number of benzene rings is 2. The van der Waals surface area contributed by atoms with E-state index in [1.807, 2.05) is 0 Å². The van der Waals surface area contributed by atoms with E-state index < -0.39 is 27.8 Å². The number of hydrogen-bond donors (Lipinski definition) is 3. The van der Waals surface area contributed by atoms with Crippen molar-refractivity contribution in [2.45, 2.75) is 17.9 Å². The van der Waals surface area contributed by atoms with E-state index in [1.165, 1.54) is 49.3 Å². The van der Waals surface area contributed by atoms with Gasteiger partial charge < -0.3 is 24.9 Å². The average Bonchev–Trinajstić information content (AvgIpc) is 2.79. The number of aryl methyl sites for hydroxylation is 1. The lowest BCUT2D eigenvalue weighted by atomic mass is 9.95. The van der Waals surface area contributed by atoms with Crippen LogP contribution >= 0.6 is 11.6 Å². The molecule has 1 aromatic heterocycles. The van der Waals surface area contributed by atoms with Crippen molar-refractivity contribution >= 4 is 38.7 Å². The number of aliphatic hydroxyl groups is 1. The van der Waals surface area contributed by atoms with E-state index in [0.29, 0.717) is 16.5 Å². The number of fused-ring (bicyclic) bond motifs is 1. The molecule has 1 atom stereocenters. The Morgan fingerprint density at radius 3 is 2.65 bits per heavy atom. The SMILES string of the molecule is Cc1c(C(N)c2cccc(S(=O)(=O)NCCO)c2)c(=O)oc2cc(OC(=O)N(C)C)c(Cl)cc12. The summed E-state index contributed by atoms with van der Waals surface area (Å²) >= 11 is 6.29. The Bertz CT molecular complexity index is 1400. The molecule has 1 heterocycles. The molecule has 0 bridgehead atoms. The van der Waals surface area contributed by atoms with Crippen molar-refractivity contribution in [2.24, 2.45) is 5.73 Å². The van der Waals surface area contributed by atoms with Gasteiger partial charge in [-0.25, -0.2) is 22.7 Å². The number of sulfonamides is 1. The van der Waals surface area contributed by atoms with Gasteiger partial charge in [-0.15, -0.1) is 0 Å². The number of rotatable bonds is 7. The van der Waals surface area contributed by atoms with Crippen LogP contribution in [0, 0.1) is 6.92 Å². The molecule has 0 saturated carbocycles. The molecule has 3 aromatic rings. The zero-order valence-electron chi connectivity index (χ0n) is 18.7. The normalized spacial score (nSPS) is 12.5. The summed E-state index contributed by atoms with van der Waals surface area (Å²) in [5, 5.41) is 9.50. The second-order valence-electron chi connectivity index (χ2n) is 7.64. The van der Waals surface area contributed by atoms with E-state index in [1.54, 1.807) is 13.0 Å². The summed E-state index contributed by atoms with van der Waals surface area (Å²) in [6.07, 6.45) is -0.651. The van der Waals surface area contributed by atoms with Gasteiger partial charge in [-0.1, -0.05) is 23.7 Å². The third kappa shape index (κ3) is 5.24. The molecule has 0 spiro atoms.